The van der Waals surface area contributed by atoms with Crippen molar-refractivity contribution in [1.29, 1.82) is 0 Å². The Morgan fingerprint density at radius 1 is 1.27 bits per heavy atom. The van der Waals surface area contributed by atoms with E-state index >= 15 is 0 Å². The maximum atomic E-state index is 12.4. The number of amides is 1. The molecule has 2 aromatic rings. The number of thiophene rings is 1. The van der Waals surface area contributed by atoms with Crippen LogP contribution in [-0.4, -0.2) is 23.4 Å². The summed E-state index contributed by atoms with van der Waals surface area (Å²) in [7, 11) is 0. The molecule has 0 aliphatic carbocycles. The van der Waals surface area contributed by atoms with Crippen LogP contribution in [0, 0.1) is 0 Å². The Bertz CT molecular complexity index is 636. The van der Waals surface area contributed by atoms with E-state index in [0.29, 0.717) is 23.3 Å². The van der Waals surface area contributed by atoms with E-state index in [2.05, 4.69) is 5.32 Å². The molecule has 0 aliphatic heterocycles. The third kappa shape index (κ3) is 4.26. The van der Waals surface area contributed by atoms with Gasteiger partial charge in [-0.15, -0.1) is 11.3 Å². The van der Waals surface area contributed by atoms with Gasteiger partial charge in [-0.05, 0) is 31.4 Å². The number of rotatable bonds is 7. The molecule has 5 heteroatoms. The summed E-state index contributed by atoms with van der Waals surface area (Å²) in [5, 5.41) is 13.7. The third-order valence-electron chi connectivity index (χ3n) is 3.39. The van der Waals surface area contributed by atoms with Crippen molar-refractivity contribution < 1.29 is 14.7 Å². The summed E-state index contributed by atoms with van der Waals surface area (Å²) in [4.78, 5) is 24.2. The van der Waals surface area contributed by atoms with Gasteiger partial charge in [0.15, 0.2) is 5.78 Å². The number of benzene rings is 1. The first-order valence-electron chi connectivity index (χ1n) is 7.18. The van der Waals surface area contributed by atoms with Crippen molar-refractivity contribution in [2.75, 3.05) is 6.61 Å². The lowest BCUT2D eigenvalue weighted by molar-refractivity contribution is 0.0936. The molecule has 4 nitrogen and oxygen atoms in total. The van der Waals surface area contributed by atoms with E-state index in [1.54, 1.807) is 11.4 Å². The first kappa shape index (κ1) is 16.4. The average molecular weight is 317 g/mol. The molecule has 0 saturated heterocycles. The number of nitrogens with one attached hydrogen (secondary N) is 1. The minimum Gasteiger partial charge on any atom is -0.396 e. The maximum Gasteiger partial charge on any atom is 0.261 e. The van der Waals surface area contributed by atoms with Gasteiger partial charge in [-0.25, -0.2) is 0 Å². The van der Waals surface area contributed by atoms with Gasteiger partial charge in [-0.2, -0.15) is 0 Å². The fraction of sp³-hybridized carbons (Fsp3) is 0.294. The Balaban J connectivity index is 2.11. The van der Waals surface area contributed by atoms with E-state index in [1.165, 1.54) is 18.3 Å². The molecular weight excluding hydrogens is 298 g/mol. The van der Waals surface area contributed by atoms with Crippen LogP contribution in [0.25, 0.3) is 0 Å². The van der Waals surface area contributed by atoms with Crippen LogP contribution in [-0.2, 0) is 0 Å². The van der Waals surface area contributed by atoms with Crippen LogP contribution in [0.2, 0.25) is 0 Å². The van der Waals surface area contributed by atoms with Crippen molar-refractivity contribution in [1.82, 2.24) is 5.32 Å². The number of hydrogen-bond donors (Lipinski definition) is 2. The first-order valence-corrected chi connectivity index (χ1v) is 8.06. The summed E-state index contributed by atoms with van der Waals surface area (Å²) in [6.07, 6.45) is 1.28. The largest absolute Gasteiger partial charge is 0.396 e. The standard InChI is InChI=1S/C17H19NO3S/c1-12(20)14-10-16(22-11-14)17(21)18-15(8-5-9-19)13-6-3-2-4-7-13/h2-4,6-7,10-11,15,19H,5,8-9H2,1H3,(H,18,21). The quantitative estimate of drug-likeness (QED) is 0.771. The number of hydrogen-bond acceptors (Lipinski definition) is 4. The lowest BCUT2D eigenvalue weighted by Gasteiger charge is -2.18. The highest BCUT2D eigenvalue weighted by atomic mass is 32.1. The maximum absolute atomic E-state index is 12.4. The van der Waals surface area contributed by atoms with Gasteiger partial charge in [0.05, 0.1) is 10.9 Å². The fourth-order valence-electron chi connectivity index (χ4n) is 2.17. The zero-order valence-corrected chi connectivity index (χ0v) is 13.2. The van der Waals surface area contributed by atoms with E-state index in [1.807, 2.05) is 30.3 Å². The Hall–Kier alpha value is -1.98. The van der Waals surface area contributed by atoms with Gasteiger partial charge in [-0.3, -0.25) is 9.59 Å². The van der Waals surface area contributed by atoms with Crippen LogP contribution in [0.1, 0.15) is 51.4 Å². The van der Waals surface area contributed by atoms with Crippen molar-refractivity contribution in [3.05, 3.63) is 57.8 Å². The molecule has 116 valence electrons. The molecule has 2 rings (SSSR count). The number of aliphatic hydroxyl groups excluding tert-OH is 1. The number of ketones is 1. The summed E-state index contributed by atoms with van der Waals surface area (Å²) >= 11 is 1.26. The first-order chi connectivity index (χ1) is 10.6. The number of carbonyl (C=O) groups excluding carboxylic acids is 2. The van der Waals surface area contributed by atoms with Crippen molar-refractivity contribution in [2.45, 2.75) is 25.8 Å². The van der Waals surface area contributed by atoms with Gasteiger partial charge in [0, 0.05) is 17.6 Å². The molecular formula is C17H19NO3S. The van der Waals surface area contributed by atoms with E-state index in [4.69, 9.17) is 5.11 Å². The highest BCUT2D eigenvalue weighted by Gasteiger charge is 2.17. The molecule has 1 unspecified atom stereocenters. The fourth-order valence-corrected chi connectivity index (χ4v) is 3.02. The Labute approximate surface area is 133 Å². The zero-order chi connectivity index (χ0) is 15.9. The minimum absolute atomic E-state index is 0.0461. The van der Waals surface area contributed by atoms with Gasteiger partial charge < -0.3 is 10.4 Å². The summed E-state index contributed by atoms with van der Waals surface area (Å²) in [6.45, 7) is 1.57. The number of carbonyl (C=O) groups is 2. The molecule has 0 radical (unpaired) electrons. The number of aliphatic hydroxyl groups is 1. The summed E-state index contributed by atoms with van der Waals surface area (Å²) in [5.74, 6) is -0.237. The van der Waals surface area contributed by atoms with Gasteiger partial charge in [0.2, 0.25) is 0 Å². The van der Waals surface area contributed by atoms with E-state index in [0.717, 1.165) is 5.56 Å². The molecule has 0 fully saturated rings. The summed E-state index contributed by atoms with van der Waals surface area (Å²) in [6, 6.07) is 11.2. The molecule has 22 heavy (non-hydrogen) atoms. The van der Waals surface area contributed by atoms with Crippen LogP contribution in [0.15, 0.2) is 41.8 Å². The molecule has 0 bridgehead atoms. The molecule has 2 N–H and O–H groups in total. The van der Waals surface area contributed by atoms with Gasteiger partial charge in [-0.1, -0.05) is 30.3 Å². The van der Waals surface area contributed by atoms with E-state index < -0.39 is 0 Å². The topological polar surface area (TPSA) is 66.4 Å². The smallest absolute Gasteiger partial charge is 0.261 e. The minimum atomic E-state index is -0.190. The average Bonchev–Trinajstić information content (AvgIpc) is 3.02. The monoisotopic (exact) mass is 317 g/mol. The second-order valence-electron chi connectivity index (χ2n) is 5.06. The normalized spacial score (nSPS) is 11.9. The highest BCUT2D eigenvalue weighted by molar-refractivity contribution is 7.12. The summed E-state index contributed by atoms with van der Waals surface area (Å²) in [5.41, 5.74) is 1.56. The predicted molar refractivity (Wildman–Crippen MR) is 87.3 cm³/mol. The van der Waals surface area contributed by atoms with Crippen molar-refractivity contribution in [2.24, 2.45) is 0 Å². The molecule has 1 atom stereocenters. The van der Waals surface area contributed by atoms with Crippen LogP contribution in [0.4, 0.5) is 0 Å². The predicted octanol–water partition coefficient (Wildman–Crippen LogP) is 3.19. The molecule has 0 aliphatic rings. The Morgan fingerprint density at radius 3 is 2.59 bits per heavy atom. The highest BCUT2D eigenvalue weighted by Crippen LogP contribution is 2.21. The van der Waals surface area contributed by atoms with Crippen LogP contribution < -0.4 is 5.32 Å². The third-order valence-corrected chi connectivity index (χ3v) is 4.32. The lowest BCUT2D eigenvalue weighted by atomic mass is 10.0. The lowest BCUT2D eigenvalue weighted by Crippen LogP contribution is -2.28. The van der Waals surface area contributed by atoms with Crippen molar-refractivity contribution >= 4 is 23.0 Å². The van der Waals surface area contributed by atoms with Crippen molar-refractivity contribution in [3.63, 3.8) is 0 Å². The summed E-state index contributed by atoms with van der Waals surface area (Å²) < 4.78 is 0. The molecule has 1 heterocycles. The van der Waals surface area contributed by atoms with Gasteiger partial charge in [0.1, 0.15) is 0 Å². The zero-order valence-electron chi connectivity index (χ0n) is 12.4. The van der Waals surface area contributed by atoms with Gasteiger partial charge >= 0.3 is 0 Å². The molecule has 0 saturated carbocycles. The molecule has 1 amide bonds. The van der Waals surface area contributed by atoms with Crippen LogP contribution >= 0.6 is 11.3 Å². The van der Waals surface area contributed by atoms with Crippen molar-refractivity contribution in [3.8, 4) is 0 Å². The van der Waals surface area contributed by atoms with E-state index in [9.17, 15) is 9.59 Å². The van der Waals surface area contributed by atoms with Crippen LogP contribution in [0.5, 0.6) is 0 Å². The van der Waals surface area contributed by atoms with E-state index in [-0.39, 0.29) is 24.3 Å². The SMILES string of the molecule is CC(=O)c1csc(C(=O)NC(CCCO)c2ccccc2)c1. The van der Waals surface area contributed by atoms with Gasteiger partial charge in [0.25, 0.3) is 5.91 Å². The Kier molecular flexibility index (Phi) is 5.86. The Morgan fingerprint density at radius 2 is 2.00 bits per heavy atom. The molecule has 1 aromatic carbocycles. The van der Waals surface area contributed by atoms with Crippen LogP contribution in [0.3, 0.4) is 0 Å². The second-order valence-corrected chi connectivity index (χ2v) is 5.97. The number of Topliss-reactive ketones (excluding diaryl/α,β-unsaturated/α-hetero) is 1. The molecule has 0 spiro atoms. The second kappa shape index (κ2) is 7.87. The molecule has 1 aromatic heterocycles.